The number of aryl methyl sites for hydroxylation is 1. The number of pyridine rings is 1. The van der Waals surface area contributed by atoms with Gasteiger partial charge in [-0.2, -0.15) is 0 Å². The molecule has 0 radical (unpaired) electrons. The number of benzene rings is 2. The summed E-state index contributed by atoms with van der Waals surface area (Å²) in [6, 6.07) is 14.0. The minimum Gasteiger partial charge on any atom is -0.483 e. The zero-order chi connectivity index (χ0) is 18.8. The van der Waals surface area contributed by atoms with Gasteiger partial charge >= 0.3 is 0 Å². The van der Waals surface area contributed by atoms with Gasteiger partial charge in [-0.1, -0.05) is 12.1 Å². The Balaban J connectivity index is 1.50. The molecule has 0 saturated carbocycles. The number of aromatic nitrogens is 1. The van der Waals surface area contributed by atoms with Crippen molar-refractivity contribution in [2.45, 2.75) is 13.5 Å². The molecule has 1 aromatic heterocycles. The minimum absolute atomic E-state index is 0.164. The standard InChI is InChI=1S/C20H18N2O5/c1-2-22-15-6-4-3-5-14(15)17(10-20(22)24)25-11-19(23)21-13-7-8-16-18(9-13)27-12-26-16/h3-10H,2,11-12H2,1H3,(H,21,23). The van der Waals surface area contributed by atoms with Crippen molar-refractivity contribution in [3.8, 4) is 17.2 Å². The van der Waals surface area contributed by atoms with Gasteiger partial charge in [-0.25, -0.2) is 0 Å². The number of carbonyl (C=O) groups is 1. The van der Waals surface area contributed by atoms with Gasteiger partial charge in [0.25, 0.3) is 11.5 Å². The van der Waals surface area contributed by atoms with E-state index in [2.05, 4.69) is 5.32 Å². The summed E-state index contributed by atoms with van der Waals surface area (Å²) in [7, 11) is 0. The van der Waals surface area contributed by atoms with Crippen LogP contribution < -0.4 is 25.1 Å². The van der Waals surface area contributed by atoms with Crippen molar-refractivity contribution in [2.24, 2.45) is 0 Å². The van der Waals surface area contributed by atoms with Gasteiger partial charge in [0.1, 0.15) is 5.75 Å². The highest BCUT2D eigenvalue weighted by molar-refractivity contribution is 5.93. The van der Waals surface area contributed by atoms with Gasteiger partial charge in [-0.05, 0) is 31.2 Å². The molecule has 7 heteroatoms. The second-order valence-corrected chi connectivity index (χ2v) is 6.01. The molecule has 1 aliphatic heterocycles. The van der Waals surface area contributed by atoms with E-state index in [0.29, 0.717) is 29.5 Å². The fourth-order valence-electron chi connectivity index (χ4n) is 3.06. The van der Waals surface area contributed by atoms with Gasteiger partial charge < -0.3 is 24.1 Å². The minimum atomic E-state index is -0.336. The fourth-order valence-corrected chi connectivity index (χ4v) is 3.06. The molecule has 3 aromatic rings. The van der Waals surface area contributed by atoms with Crippen LogP contribution in [0.2, 0.25) is 0 Å². The molecule has 2 aromatic carbocycles. The lowest BCUT2D eigenvalue weighted by molar-refractivity contribution is -0.118. The third kappa shape index (κ3) is 3.31. The molecule has 0 saturated heterocycles. The van der Waals surface area contributed by atoms with E-state index in [1.54, 1.807) is 22.8 Å². The van der Waals surface area contributed by atoms with Crippen LogP contribution in [-0.4, -0.2) is 23.9 Å². The van der Waals surface area contributed by atoms with Gasteiger partial charge in [0.05, 0.1) is 5.52 Å². The molecular formula is C20H18N2O5. The van der Waals surface area contributed by atoms with Crippen molar-refractivity contribution >= 4 is 22.5 Å². The van der Waals surface area contributed by atoms with Crippen LogP contribution in [0, 0.1) is 0 Å². The van der Waals surface area contributed by atoms with E-state index >= 15 is 0 Å². The van der Waals surface area contributed by atoms with Gasteiger partial charge in [0, 0.05) is 29.8 Å². The normalized spacial score (nSPS) is 12.2. The monoisotopic (exact) mass is 366 g/mol. The number of hydrogen-bond donors (Lipinski definition) is 1. The molecule has 27 heavy (non-hydrogen) atoms. The number of ether oxygens (including phenoxy) is 3. The Hall–Kier alpha value is -3.48. The van der Waals surface area contributed by atoms with E-state index in [1.807, 2.05) is 31.2 Å². The zero-order valence-corrected chi connectivity index (χ0v) is 14.7. The molecule has 1 amide bonds. The van der Waals surface area contributed by atoms with Gasteiger partial charge in [-0.3, -0.25) is 9.59 Å². The van der Waals surface area contributed by atoms with Crippen LogP contribution in [0.1, 0.15) is 6.92 Å². The second kappa shape index (κ2) is 7.03. The number of fused-ring (bicyclic) bond motifs is 2. The molecule has 0 spiro atoms. The molecular weight excluding hydrogens is 348 g/mol. The Morgan fingerprint density at radius 2 is 1.96 bits per heavy atom. The molecule has 4 rings (SSSR count). The van der Waals surface area contributed by atoms with Gasteiger partial charge in [0.2, 0.25) is 6.79 Å². The predicted molar refractivity (Wildman–Crippen MR) is 101 cm³/mol. The lowest BCUT2D eigenvalue weighted by Crippen LogP contribution is -2.22. The first-order valence-electron chi connectivity index (χ1n) is 8.60. The molecule has 0 atom stereocenters. The highest BCUT2D eigenvalue weighted by Crippen LogP contribution is 2.34. The Morgan fingerprint density at radius 1 is 1.15 bits per heavy atom. The lowest BCUT2D eigenvalue weighted by Gasteiger charge is -2.13. The van der Waals surface area contributed by atoms with Crippen LogP contribution >= 0.6 is 0 Å². The maximum Gasteiger partial charge on any atom is 0.262 e. The Bertz CT molecular complexity index is 1070. The SMILES string of the molecule is CCn1c(=O)cc(OCC(=O)Nc2ccc3c(c2)OCO3)c2ccccc21. The summed E-state index contributed by atoms with van der Waals surface area (Å²) >= 11 is 0. The average molecular weight is 366 g/mol. The molecule has 138 valence electrons. The Labute approximate surface area is 155 Å². The highest BCUT2D eigenvalue weighted by Gasteiger charge is 2.15. The molecule has 1 N–H and O–H groups in total. The van der Waals surface area contributed by atoms with E-state index in [0.717, 1.165) is 10.9 Å². The van der Waals surface area contributed by atoms with Crippen LogP contribution in [0.5, 0.6) is 17.2 Å². The number of rotatable bonds is 5. The van der Waals surface area contributed by atoms with Gasteiger partial charge in [0.15, 0.2) is 18.1 Å². The van der Waals surface area contributed by atoms with Crippen LogP contribution in [0.4, 0.5) is 5.69 Å². The Morgan fingerprint density at radius 3 is 2.81 bits per heavy atom. The summed E-state index contributed by atoms with van der Waals surface area (Å²) in [6.07, 6.45) is 0. The van der Waals surface area contributed by atoms with Crippen molar-refractivity contribution in [3.63, 3.8) is 0 Å². The van der Waals surface area contributed by atoms with Crippen molar-refractivity contribution in [1.29, 1.82) is 0 Å². The zero-order valence-electron chi connectivity index (χ0n) is 14.7. The average Bonchev–Trinajstić information content (AvgIpc) is 3.14. The molecule has 0 fully saturated rings. The second-order valence-electron chi connectivity index (χ2n) is 6.01. The summed E-state index contributed by atoms with van der Waals surface area (Å²) in [4.78, 5) is 24.5. The predicted octanol–water partition coefficient (Wildman–Crippen LogP) is 2.77. The number of carbonyl (C=O) groups excluding carboxylic acids is 1. The molecule has 0 unspecified atom stereocenters. The van der Waals surface area contributed by atoms with E-state index in [-0.39, 0.29) is 24.9 Å². The van der Waals surface area contributed by atoms with E-state index in [1.165, 1.54) is 6.07 Å². The van der Waals surface area contributed by atoms with Crippen LogP contribution in [0.15, 0.2) is 53.3 Å². The van der Waals surface area contributed by atoms with E-state index in [4.69, 9.17) is 14.2 Å². The summed E-state index contributed by atoms with van der Waals surface area (Å²) in [5, 5.41) is 3.53. The molecule has 0 aliphatic carbocycles. The van der Waals surface area contributed by atoms with Crippen LogP contribution in [0.25, 0.3) is 10.9 Å². The van der Waals surface area contributed by atoms with Gasteiger partial charge in [-0.15, -0.1) is 0 Å². The molecule has 2 heterocycles. The number of nitrogens with zero attached hydrogens (tertiary/aromatic N) is 1. The lowest BCUT2D eigenvalue weighted by atomic mass is 10.2. The first kappa shape index (κ1) is 17.0. The smallest absolute Gasteiger partial charge is 0.262 e. The maximum absolute atomic E-state index is 12.3. The highest BCUT2D eigenvalue weighted by atomic mass is 16.7. The maximum atomic E-state index is 12.3. The summed E-state index contributed by atoms with van der Waals surface area (Å²) in [5.41, 5.74) is 1.19. The fraction of sp³-hybridized carbons (Fsp3) is 0.200. The van der Waals surface area contributed by atoms with Crippen LogP contribution in [-0.2, 0) is 11.3 Å². The number of anilines is 1. The summed E-state index contributed by atoms with van der Waals surface area (Å²) in [5.74, 6) is 1.29. The molecule has 1 aliphatic rings. The Kier molecular flexibility index (Phi) is 4.42. The third-order valence-electron chi connectivity index (χ3n) is 4.31. The largest absolute Gasteiger partial charge is 0.483 e. The third-order valence-corrected chi connectivity index (χ3v) is 4.31. The molecule has 7 nitrogen and oxygen atoms in total. The topological polar surface area (TPSA) is 78.8 Å². The van der Waals surface area contributed by atoms with Crippen LogP contribution in [0.3, 0.4) is 0 Å². The van der Waals surface area contributed by atoms with Crippen molar-refractivity contribution in [1.82, 2.24) is 4.57 Å². The first-order valence-corrected chi connectivity index (χ1v) is 8.60. The van der Waals surface area contributed by atoms with Crippen molar-refractivity contribution in [3.05, 3.63) is 58.9 Å². The van der Waals surface area contributed by atoms with Crippen molar-refractivity contribution < 1.29 is 19.0 Å². The molecule has 0 bridgehead atoms. The van der Waals surface area contributed by atoms with E-state index < -0.39 is 0 Å². The van der Waals surface area contributed by atoms with E-state index in [9.17, 15) is 9.59 Å². The van der Waals surface area contributed by atoms with Crippen molar-refractivity contribution in [2.75, 3.05) is 18.7 Å². The number of hydrogen-bond acceptors (Lipinski definition) is 5. The number of amides is 1. The number of nitrogens with one attached hydrogen (secondary N) is 1. The summed E-state index contributed by atoms with van der Waals surface area (Å²) < 4.78 is 17.8. The quantitative estimate of drug-likeness (QED) is 0.751. The first-order chi connectivity index (χ1) is 13.2. The number of para-hydroxylation sites is 1. The summed E-state index contributed by atoms with van der Waals surface area (Å²) in [6.45, 7) is 2.43.